The molecule has 4 rings (SSSR count). The summed E-state index contributed by atoms with van der Waals surface area (Å²) < 4.78 is 57.2. The second-order valence-electron chi connectivity index (χ2n) is 9.90. The lowest BCUT2D eigenvalue weighted by molar-refractivity contribution is -0.121. The second kappa shape index (κ2) is 10.3. The number of carbonyl (C=O) groups is 1. The van der Waals surface area contributed by atoms with Crippen LogP contribution in [0.1, 0.15) is 59.5 Å². The molecule has 0 spiro atoms. The van der Waals surface area contributed by atoms with E-state index in [0.29, 0.717) is 28.6 Å². The van der Waals surface area contributed by atoms with Crippen molar-refractivity contribution in [1.29, 1.82) is 0 Å². The number of ether oxygens (including phenoxy) is 4. The fourth-order valence-corrected chi connectivity index (χ4v) is 2.65. The lowest BCUT2D eigenvalue weighted by Gasteiger charge is -2.22. The van der Waals surface area contributed by atoms with Crippen molar-refractivity contribution in [3.05, 3.63) is 59.7 Å². The number of ketones is 1. The van der Waals surface area contributed by atoms with Crippen molar-refractivity contribution < 1.29 is 35.7 Å². The van der Waals surface area contributed by atoms with Crippen LogP contribution in [0.25, 0.3) is 12.2 Å². The van der Waals surface area contributed by atoms with E-state index in [9.17, 15) is 9.90 Å². The minimum absolute atomic E-state index is 0.0282. The zero-order valence-electron chi connectivity index (χ0n) is 25.3. The number of rotatable bonds is 4. The van der Waals surface area contributed by atoms with Gasteiger partial charge in [-0.25, -0.2) is 0 Å². The highest BCUT2D eigenvalue weighted by atomic mass is 16.7. The van der Waals surface area contributed by atoms with Crippen molar-refractivity contribution in [1.82, 2.24) is 0 Å². The van der Waals surface area contributed by atoms with Gasteiger partial charge in [-0.3, -0.25) is 4.79 Å². The molecule has 0 aromatic heterocycles. The van der Waals surface area contributed by atoms with Crippen molar-refractivity contribution in [2.45, 2.75) is 47.6 Å². The summed E-state index contributed by atoms with van der Waals surface area (Å²) in [5, 5.41) is 10.1. The molecule has 2 aromatic carbocycles. The Balaban J connectivity index is 0.000000216. The van der Waals surface area contributed by atoms with Crippen LogP contribution in [0.5, 0.6) is 23.0 Å². The number of carbonyl (C=O) groups excluding carboxylic acids is 1. The Labute approximate surface area is 208 Å². The minimum Gasteiger partial charge on any atom is -0.454 e. The van der Waals surface area contributed by atoms with Gasteiger partial charge in [0.25, 0.3) is 0 Å². The molecule has 0 saturated heterocycles. The van der Waals surface area contributed by atoms with E-state index >= 15 is 0 Å². The van der Waals surface area contributed by atoms with Gasteiger partial charge >= 0.3 is 0 Å². The first kappa shape index (κ1) is 19.1. The van der Waals surface area contributed by atoms with E-state index in [4.69, 9.17) is 25.8 Å². The molecule has 0 radical (unpaired) electrons. The van der Waals surface area contributed by atoms with Crippen molar-refractivity contribution in [3.8, 4) is 23.0 Å². The number of hydrogen-bond acceptors (Lipinski definition) is 6. The molecule has 2 aliphatic rings. The molecular formula is C28H34O6. The molecule has 2 aliphatic heterocycles. The summed E-state index contributed by atoms with van der Waals surface area (Å²) in [6.45, 7) is 6.63. The number of aliphatic hydroxyl groups is 1. The van der Waals surface area contributed by atoms with Gasteiger partial charge in [-0.2, -0.15) is 0 Å². The third-order valence-electron chi connectivity index (χ3n) is 4.91. The highest BCUT2D eigenvalue weighted by Crippen LogP contribution is 2.34. The molecule has 6 nitrogen and oxygen atoms in total. The predicted octanol–water partition coefficient (Wildman–Crippen LogP) is 5.88. The van der Waals surface area contributed by atoms with E-state index < -0.39 is 30.4 Å². The number of fused-ring (bicyclic) bond motifs is 2. The number of allylic oxidation sites excluding steroid dienone is 1. The smallest absolute Gasteiger partial charge is 0.231 e. The summed E-state index contributed by atoms with van der Waals surface area (Å²) in [6, 6.07) is 9.93. The third-order valence-corrected chi connectivity index (χ3v) is 4.91. The van der Waals surface area contributed by atoms with Crippen LogP contribution >= 0.6 is 0 Å². The van der Waals surface area contributed by atoms with Gasteiger partial charge in [-0.05, 0) is 46.9 Å². The van der Waals surface area contributed by atoms with Gasteiger partial charge in [0.2, 0.25) is 13.5 Å². The van der Waals surface area contributed by atoms with Crippen LogP contribution in [0.3, 0.4) is 0 Å². The summed E-state index contributed by atoms with van der Waals surface area (Å²) >= 11 is 0. The SMILES string of the molecule is [2H]C1([2H])Oc2ccc(/C=C/C(=O)C(C)(C)C)cc2O1.[2H]C1([2H])Oc2ccc(/C=C/C([2H])(O)C(C)(C)C)cc2O1. The lowest BCUT2D eigenvalue weighted by atomic mass is 9.89. The Morgan fingerprint density at radius 1 is 0.882 bits per heavy atom. The van der Waals surface area contributed by atoms with Gasteiger partial charge in [-0.15, -0.1) is 0 Å². The van der Waals surface area contributed by atoms with E-state index in [-0.39, 0.29) is 5.78 Å². The molecule has 6 heteroatoms. The molecule has 0 saturated carbocycles. The van der Waals surface area contributed by atoms with Gasteiger partial charge in [0.05, 0.1) is 7.45 Å². The van der Waals surface area contributed by atoms with Crippen molar-refractivity contribution >= 4 is 17.9 Å². The summed E-state index contributed by atoms with van der Waals surface area (Å²) in [6.07, 6.45) is 4.52. The van der Waals surface area contributed by atoms with Crippen LogP contribution in [0.2, 0.25) is 0 Å². The zero-order chi connectivity index (χ0) is 29.4. The molecule has 182 valence electrons. The molecular weight excluding hydrogens is 432 g/mol. The number of benzene rings is 2. The van der Waals surface area contributed by atoms with E-state index in [1.165, 1.54) is 12.2 Å². The first-order valence-electron chi connectivity index (χ1n) is 13.4. The van der Waals surface area contributed by atoms with Gasteiger partial charge in [0, 0.05) is 5.41 Å². The van der Waals surface area contributed by atoms with Gasteiger partial charge in [0.1, 0.15) is 5.48 Å². The molecule has 34 heavy (non-hydrogen) atoms. The monoisotopic (exact) mass is 471 g/mol. The average Bonchev–Trinajstić information content (AvgIpc) is 3.26. The normalized spacial score (nSPS) is 21.4. The van der Waals surface area contributed by atoms with E-state index in [2.05, 4.69) is 0 Å². The van der Waals surface area contributed by atoms with Gasteiger partial charge in [0.15, 0.2) is 28.8 Å². The van der Waals surface area contributed by atoms with E-state index in [1.807, 2.05) is 20.8 Å². The summed E-state index contributed by atoms with van der Waals surface area (Å²) in [5.74, 6) is 1.38. The van der Waals surface area contributed by atoms with E-state index in [0.717, 1.165) is 5.56 Å². The molecule has 0 aliphatic carbocycles. The maximum absolute atomic E-state index is 11.8. The highest BCUT2D eigenvalue weighted by molar-refractivity contribution is 5.97. The predicted molar refractivity (Wildman–Crippen MR) is 133 cm³/mol. The Kier molecular flexibility index (Phi) is 5.81. The summed E-state index contributed by atoms with van der Waals surface area (Å²) in [5.41, 5.74) is 0.430. The second-order valence-corrected chi connectivity index (χ2v) is 9.90. The fourth-order valence-electron chi connectivity index (χ4n) is 2.65. The van der Waals surface area contributed by atoms with Crippen LogP contribution in [0.15, 0.2) is 48.6 Å². The maximum Gasteiger partial charge on any atom is 0.231 e. The minimum atomic E-state index is -2.15. The third kappa shape index (κ3) is 6.87. The Hall–Kier alpha value is -3.25. The maximum atomic E-state index is 11.8. The summed E-state index contributed by atoms with van der Waals surface area (Å²) in [4.78, 5) is 11.8. The zero-order valence-corrected chi connectivity index (χ0v) is 20.3. The van der Waals surface area contributed by atoms with E-state index in [1.54, 1.807) is 69.3 Å². The summed E-state index contributed by atoms with van der Waals surface area (Å²) in [7, 11) is 0. The van der Waals surface area contributed by atoms with Crippen LogP contribution in [-0.2, 0) is 4.79 Å². The topological polar surface area (TPSA) is 74.2 Å². The number of hydrogen-bond donors (Lipinski definition) is 1. The molecule has 0 amide bonds. The molecule has 2 aromatic rings. The molecule has 1 unspecified atom stereocenters. The lowest BCUT2D eigenvalue weighted by Crippen LogP contribution is -2.23. The first-order valence-corrected chi connectivity index (χ1v) is 10.9. The quantitative estimate of drug-likeness (QED) is 0.562. The van der Waals surface area contributed by atoms with Crippen LogP contribution in [0, 0.1) is 10.8 Å². The van der Waals surface area contributed by atoms with Gasteiger partial charge < -0.3 is 24.1 Å². The Morgan fingerprint density at radius 2 is 1.35 bits per heavy atom. The van der Waals surface area contributed by atoms with Crippen molar-refractivity contribution in [2.75, 3.05) is 13.5 Å². The molecule has 0 bridgehead atoms. The molecule has 1 atom stereocenters. The largest absolute Gasteiger partial charge is 0.454 e. The van der Waals surface area contributed by atoms with Gasteiger partial charge in [-0.1, -0.05) is 71.9 Å². The molecule has 1 N–H and O–H groups in total. The Morgan fingerprint density at radius 3 is 1.82 bits per heavy atom. The average molecular weight is 472 g/mol. The highest BCUT2D eigenvalue weighted by Gasteiger charge is 2.20. The van der Waals surface area contributed by atoms with Crippen LogP contribution in [0.4, 0.5) is 0 Å². The first-order chi connectivity index (χ1) is 17.7. The standard InChI is InChI=1S/C14H18O3.C14H16O3/c2*1-14(2,3)13(15)7-5-10-4-6-11-12(8-10)17-9-16-11/h4-8,13,15H,9H2,1-3H3;4-8H,9H2,1-3H3/b2*7-5+/i9D2,13D;9D2. The van der Waals surface area contributed by atoms with Crippen molar-refractivity contribution in [3.63, 3.8) is 0 Å². The Bertz CT molecular complexity index is 1290. The fraction of sp³-hybridized carbons (Fsp3) is 0.393. The molecule has 2 heterocycles. The van der Waals surface area contributed by atoms with Crippen molar-refractivity contribution in [2.24, 2.45) is 10.8 Å². The molecule has 0 fully saturated rings. The van der Waals surface area contributed by atoms with Crippen LogP contribution in [-0.4, -0.2) is 30.5 Å². The van der Waals surface area contributed by atoms with Crippen LogP contribution < -0.4 is 18.9 Å².